The zero-order valence-corrected chi connectivity index (χ0v) is 19.4. The molecule has 0 unspecified atom stereocenters. The first-order valence-electron chi connectivity index (χ1n) is 10.6. The molecule has 0 saturated carbocycles. The van der Waals surface area contributed by atoms with Gasteiger partial charge in [-0.1, -0.05) is 30.3 Å². The van der Waals surface area contributed by atoms with Crippen molar-refractivity contribution >= 4 is 35.0 Å². The third kappa shape index (κ3) is 5.00. The van der Waals surface area contributed by atoms with Gasteiger partial charge in [0.1, 0.15) is 29.6 Å². The van der Waals surface area contributed by atoms with E-state index in [4.69, 9.17) is 21.7 Å². The number of anilines is 1. The molecule has 3 aromatic rings. The van der Waals surface area contributed by atoms with Gasteiger partial charge < -0.3 is 14.8 Å². The van der Waals surface area contributed by atoms with Gasteiger partial charge in [0, 0.05) is 5.56 Å². The number of thiocarbonyl (C=S) groups is 1. The molecule has 1 heterocycles. The summed E-state index contributed by atoms with van der Waals surface area (Å²) in [6.45, 7) is 4.09. The number of rotatable bonds is 8. The van der Waals surface area contributed by atoms with Crippen molar-refractivity contribution in [1.82, 2.24) is 5.32 Å². The topological polar surface area (TPSA) is 50.8 Å². The number of nitrogens with zero attached hydrogens (tertiary/aromatic N) is 1. The second-order valence-corrected chi connectivity index (χ2v) is 7.95. The molecule has 0 aliphatic carbocycles. The van der Waals surface area contributed by atoms with E-state index in [2.05, 4.69) is 11.9 Å². The molecule has 1 saturated heterocycles. The van der Waals surface area contributed by atoms with Crippen LogP contribution in [0.3, 0.4) is 0 Å². The number of hydrogen-bond donors (Lipinski definition) is 1. The average Bonchev–Trinajstić information content (AvgIpc) is 3.12. The van der Waals surface area contributed by atoms with Crippen LogP contribution in [0.1, 0.15) is 16.7 Å². The molecule has 1 aliphatic rings. The van der Waals surface area contributed by atoms with Gasteiger partial charge in [-0.3, -0.25) is 9.69 Å². The van der Waals surface area contributed by atoms with E-state index in [0.29, 0.717) is 23.6 Å². The summed E-state index contributed by atoms with van der Waals surface area (Å²) >= 11 is 5.33. The number of hydrogen-bond acceptors (Lipinski definition) is 4. The first kappa shape index (κ1) is 23.2. The van der Waals surface area contributed by atoms with Crippen LogP contribution in [0.5, 0.6) is 11.5 Å². The molecule has 1 fully saturated rings. The Balaban J connectivity index is 1.57. The summed E-state index contributed by atoms with van der Waals surface area (Å²) in [5, 5.41) is 3.18. The van der Waals surface area contributed by atoms with Crippen LogP contribution in [0.4, 0.5) is 10.1 Å². The first-order valence-corrected chi connectivity index (χ1v) is 11.0. The fraction of sp³-hybridized carbons (Fsp3) is 0.111. The molecular formula is C27H23FN2O3S. The van der Waals surface area contributed by atoms with E-state index in [-0.39, 0.29) is 23.4 Å². The summed E-state index contributed by atoms with van der Waals surface area (Å²) in [6, 6.07) is 19.0. The monoisotopic (exact) mass is 474 g/mol. The summed E-state index contributed by atoms with van der Waals surface area (Å²) in [7, 11) is 1.60. The van der Waals surface area contributed by atoms with Crippen molar-refractivity contribution in [2.45, 2.75) is 13.0 Å². The minimum absolute atomic E-state index is 0.235. The number of para-hydroxylation sites is 1. The van der Waals surface area contributed by atoms with Crippen LogP contribution in [0, 0.1) is 5.82 Å². The molecule has 5 nitrogen and oxygen atoms in total. The summed E-state index contributed by atoms with van der Waals surface area (Å²) in [5.74, 6) is 0.757. The first-order chi connectivity index (χ1) is 16.5. The Morgan fingerprint density at radius 2 is 1.82 bits per heavy atom. The number of methoxy groups -OCH3 is 1. The van der Waals surface area contributed by atoms with Gasteiger partial charge >= 0.3 is 0 Å². The van der Waals surface area contributed by atoms with Crippen molar-refractivity contribution in [2.24, 2.45) is 0 Å². The molecule has 0 aromatic heterocycles. The molecule has 0 atom stereocenters. The molecule has 7 heteroatoms. The third-order valence-corrected chi connectivity index (χ3v) is 5.58. The molecule has 4 rings (SSSR count). The Bertz CT molecular complexity index is 1270. The van der Waals surface area contributed by atoms with Crippen LogP contribution in [-0.2, 0) is 17.8 Å². The Kier molecular flexibility index (Phi) is 7.04. The molecule has 1 N–H and O–H groups in total. The van der Waals surface area contributed by atoms with Gasteiger partial charge in [-0.05, 0) is 78.3 Å². The van der Waals surface area contributed by atoms with Gasteiger partial charge in [0.05, 0.1) is 12.8 Å². The smallest absolute Gasteiger partial charge is 0.281 e. The van der Waals surface area contributed by atoms with E-state index < -0.39 is 0 Å². The van der Waals surface area contributed by atoms with Crippen molar-refractivity contribution in [3.8, 4) is 11.5 Å². The molecule has 172 valence electrons. The highest BCUT2D eigenvalue weighted by atomic mass is 32.1. The predicted octanol–water partition coefficient (Wildman–Crippen LogP) is 5.40. The molecular weight excluding hydrogens is 451 g/mol. The highest BCUT2D eigenvalue weighted by molar-refractivity contribution is 7.80. The van der Waals surface area contributed by atoms with Crippen LogP contribution in [0.15, 0.2) is 85.1 Å². The maximum Gasteiger partial charge on any atom is 0.281 e. The number of benzene rings is 3. The van der Waals surface area contributed by atoms with Crippen molar-refractivity contribution < 1.29 is 18.7 Å². The number of ether oxygens (including phenoxy) is 2. The Morgan fingerprint density at radius 3 is 2.56 bits per heavy atom. The summed E-state index contributed by atoms with van der Waals surface area (Å²) < 4.78 is 24.9. The van der Waals surface area contributed by atoms with Crippen molar-refractivity contribution in [1.29, 1.82) is 0 Å². The van der Waals surface area contributed by atoms with Gasteiger partial charge in [0.2, 0.25) is 0 Å². The lowest BCUT2D eigenvalue weighted by atomic mass is 10.1. The highest BCUT2D eigenvalue weighted by Gasteiger charge is 2.32. The molecule has 0 radical (unpaired) electrons. The molecule has 3 aromatic carbocycles. The minimum atomic E-state index is -0.384. The van der Waals surface area contributed by atoms with Gasteiger partial charge in [0.15, 0.2) is 5.11 Å². The fourth-order valence-electron chi connectivity index (χ4n) is 3.65. The van der Waals surface area contributed by atoms with Crippen molar-refractivity contribution in [3.63, 3.8) is 0 Å². The van der Waals surface area contributed by atoms with E-state index in [1.54, 1.807) is 13.2 Å². The summed E-state index contributed by atoms with van der Waals surface area (Å²) in [6.07, 6.45) is 4.26. The second-order valence-electron chi connectivity index (χ2n) is 7.57. The standard InChI is InChI=1S/C27H23FN2O3S/c1-3-6-19-7-4-5-8-25(19)33-17-20-15-18(9-14-24(20)32-2)16-23-26(31)30(27(34)29-23)22-12-10-21(28)11-13-22/h3-5,7-16H,1,6,17H2,2H3,(H,29,34)/b23-16+. The lowest BCUT2D eigenvalue weighted by Crippen LogP contribution is -2.30. The molecule has 34 heavy (non-hydrogen) atoms. The largest absolute Gasteiger partial charge is 0.496 e. The number of carbonyl (C=O) groups excluding carboxylic acids is 1. The van der Waals surface area contributed by atoms with Gasteiger partial charge in [0.25, 0.3) is 5.91 Å². The number of halogens is 1. The summed E-state index contributed by atoms with van der Waals surface area (Å²) in [4.78, 5) is 14.3. The molecule has 0 bridgehead atoms. The van der Waals surface area contributed by atoms with E-state index in [1.807, 2.05) is 48.5 Å². The molecule has 1 aliphatic heterocycles. The lowest BCUT2D eigenvalue weighted by molar-refractivity contribution is -0.113. The van der Waals surface area contributed by atoms with Crippen LogP contribution < -0.4 is 19.7 Å². The Labute approximate surface area is 203 Å². The quantitative estimate of drug-likeness (QED) is 0.269. The fourth-order valence-corrected chi connectivity index (χ4v) is 3.95. The maximum absolute atomic E-state index is 13.3. The average molecular weight is 475 g/mol. The highest BCUT2D eigenvalue weighted by Crippen LogP contribution is 2.27. The van der Waals surface area contributed by atoms with E-state index >= 15 is 0 Å². The summed E-state index contributed by atoms with van der Waals surface area (Å²) in [5.41, 5.74) is 3.47. The maximum atomic E-state index is 13.3. The third-order valence-electron chi connectivity index (χ3n) is 5.30. The van der Waals surface area contributed by atoms with Gasteiger partial charge in [-0.2, -0.15) is 0 Å². The van der Waals surface area contributed by atoms with E-state index in [1.165, 1.54) is 29.2 Å². The van der Waals surface area contributed by atoms with E-state index in [0.717, 1.165) is 22.4 Å². The second kappa shape index (κ2) is 10.3. The van der Waals surface area contributed by atoms with Crippen LogP contribution >= 0.6 is 12.2 Å². The normalized spacial score (nSPS) is 14.3. The van der Waals surface area contributed by atoms with Crippen molar-refractivity contribution in [3.05, 3.63) is 108 Å². The molecule has 0 spiro atoms. The Morgan fingerprint density at radius 1 is 1.06 bits per heavy atom. The van der Waals surface area contributed by atoms with E-state index in [9.17, 15) is 9.18 Å². The van der Waals surface area contributed by atoms with Crippen molar-refractivity contribution in [2.75, 3.05) is 12.0 Å². The lowest BCUT2D eigenvalue weighted by Gasteiger charge is -2.14. The van der Waals surface area contributed by atoms with Crippen LogP contribution in [0.2, 0.25) is 0 Å². The SMILES string of the molecule is C=CCc1ccccc1OCc1cc(/C=C2/NC(=S)N(c3ccc(F)cc3)C2=O)ccc1OC. The minimum Gasteiger partial charge on any atom is -0.496 e. The number of nitrogens with one attached hydrogen (secondary N) is 1. The Hall–Kier alpha value is -3.97. The van der Waals surface area contributed by atoms with Crippen LogP contribution in [-0.4, -0.2) is 18.1 Å². The zero-order valence-electron chi connectivity index (χ0n) is 18.6. The van der Waals surface area contributed by atoms with Gasteiger partial charge in [-0.15, -0.1) is 6.58 Å². The number of allylic oxidation sites excluding steroid dienone is 1. The number of amides is 1. The number of carbonyl (C=O) groups is 1. The predicted molar refractivity (Wildman–Crippen MR) is 135 cm³/mol. The van der Waals surface area contributed by atoms with Crippen LogP contribution in [0.25, 0.3) is 6.08 Å². The van der Waals surface area contributed by atoms with Gasteiger partial charge in [-0.25, -0.2) is 4.39 Å². The zero-order chi connectivity index (χ0) is 24.1. The molecule has 1 amide bonds.